The van der Waals surface area contributed by atoms with Crippen molar-refractivity contribution >= 4 is 22.5 Å². The Kier molecular flexibility index (Phi) is 2.87. The van der Waals surface area contributed by atoms with Crippen molar-refractivity contribution in [2.24, 2.45) is 0 Å². The van der Waals surface area contributed by atoms with E-state index < -0.39 is 0 Å². The summed E-state index contributed by atoms with van der Waals surface area (Å²) in [5, 5.41) is 12.4. The molecule has 2 rings (SSSR count). The summed E-state index contributed by atoms with van der Waals surface area (Å²) in [6.45, 7) is 4.31. The van der Waals surface area contributed by atoms with Crippen LogP contribution < -0.4 is 0 Å². The van der Waals surface area contributed by atoms with Gasteiger partial charge in [0.05, 0.1) is 0 Å². The molecule has 0 bridgehead atoms. The van der Waals surface area contributed by atoms with E-state index in [4.69, 9.17) is 0 Å². The molecule has 0 radical (unpaired) electrons. The van der Waals surface area contributed by atoms with Crippen LogP contribution >= 0.6 is 11.8 Å². The van der Waals surface area contributed by atoms with Crippen LogP contribution in [0.4, 0.5) is 0 Å². The minimum absolute atomic E-state index is 0.344. The zero-order chi connectivity index (χ0) is 10.8. The normalized spacial score (nSPS) is 11.1. The number of hydrogen-bond acceptors (Lipinski definition) is 2. The molecule has 0 atom stereocenters. The van der Waals surface area contributed by atoms with Gasteiger partial charge in [-0.05, 0) is 22.9 Å². The molecular weight excluding hydrogens is 204 g/mol. The minimum atomic E-state index is 0.344. The number of benzene rings is 2. The maximum Gasteiger partial charge on any atom is 0.117 e. The van der Waals surface area contributed by atoms with Crippen LogP contribution in [-0.2, 0) is 0 Å². The third-order valence-electron chi connectivity index (χ3n) is 2.17. The number of rotatable bonds is 2. The van der Waals surface area contributed by atoms with Crippen molar-refractivity contribution in [1.29, 1.82) is 0 Å². The van der Waals surface area contributed by atoms with Crippen molar-refractivity contribution in [1.82, 2.24) is 0 Å². The molecule has 0 spiro atoms. The third kappa shape index (κ3) is 2.26. The predicted molar refractivity (Wildman–Crippen MR) is 66.6 cm³/mol. The van der Waals surface area contributed by atoms with Crippen LogP contribution in [0.15, 0.2) is 41.3 Å². The average Bonchev–Trinajstić information content (AvgIpc) is 2.16. The highest BCUT2D eigenvalue weighted by Crippen LogP contribution is 2.33. The minimum Gasteiger partial charge on any atom is -0.508 e. The van der Waals surface area contributed by atoms with E-state index in [9.17, 15) is 5.11 Å². The van der Waals surface area contributed by atoms with Gasteiger partial charge in [-0.15, -0.1) is 11.8 Å². The van der Waals surface area contributed by atoms with E-state index in [-0.39, 0.29) is 0 Å². The molecule has 0 saturated carbocycles. The van der Waals surface area contributed by atoms with Gasteiger partial charge in [0.2, 0.25) is 0 Å². The van der Waals surface area contributed by atoms with Gasteiger partial charge in [-0.3, -0.25) is 0 Å². The largest absolute Gasteiger partial charge is 0.508 e. The highest BCUT2D eigenvalue weighted by atomic mass is 32.2. The van der Waals surface area contributed by atoms with Crippen LogP contribution in [0.5, 0.6) is 5.75 Å². The zero-order valence-corrected chi connectivity index (χ0v) is 9.71. The van der Waals surface area contributed by atoms with Gasteiger partial charge in [0.25, 0.3) is 0 Å². The van der Waals surface area contributed by atoms with E-state index in [0.29, 0.717) is 11.0 Å². The van der Waals surface area contributed by atoms with Crippen molar-refractivity contribution in [2.45, 2.75) is 24.0 Å². The van der Waals surface area contributed by atoms with Gasteiger partial charge in [0, 0.05) is 10.1 Å². The van der Waals surface area contributed by atoms with Crippen LogP contribution in [0, 0.1) is 0 Å². The lowest BCUT2D eigenvalue weighted by Crippen LogP contribution is -1.87. The van der Waals surface area contributed by atoms with E-state index in [0.717, 1.165) is 10.3 Å². The number of phenols is 1. The Morgan fingerprint density at radius 3 is 2.60 bits per heavy atom. The second-order valence-electron chi connectivity index (χ2n) is 3.83. The standard InChI is InChI=1S/C13H14OS/c1-9(2)15-13-8-11(14)7-10-5-3-4-6-12(10)13/h3-9,14H,1-2H3. The molecule has 15 heavy (non-hydrogen) atoms. The highest BCUT2D eigenvalue weighted by Gasteiger charge is 2.05. The number of phenolic OH excluding ortho intramolecular Hbond substituents is 1. The van der Waals surface area contributed by atoms with Gasteiger partial charge < -0.3 is 5.11 Å². The van der Waals surface area contributed by atoms with E-state index >= 15 is 0 Å². The SMILES string of the molecule is CC(C)Sc1cc(O)cc2ccccc12. The quantitative estimate of drug-likeness (QED) is 0.767. The molecule has 0 aromatic heterocycles. The number of thioether (sulfide) groups is 1. The molecule has 0 aliphatic rings. The molecule has 2 heteroatoms. The fraction of sp³-hybridized carbons (Fsp3) is 0.231. The monoisotopic (exact) mass is 218 g/mol. The molecule has 0 fully saturated rings. The smallest absolute Gasteiger partial charge is 0.117 e. The van der Waals surface area contributed by atoms with Crippen LogP contribution in [0.2, 0.25) is 0 Å². The summed E-state index contributed by atoms with van der Waals surface area (Å²) in [6, 6.07) is 11.8. The summed E-state index contributed by atoms with van der Waals surface area (Å²) in [5.41, 5.74) is 0. The summed E-state index contributed by atoms with van der Waals surface area (Å²) >= 11 is 1.78. The van der Waals surface area contributed by atoms with Gasteiger partial charge in [-0.1, -0.05) is 38.1 Å². The summed E-state index contributed by atoms with van der Waals surface area (Å²) in [7, 11) is 0. The summed E-state index contributed by atoms with van der Waals surface area (Å²) in [6.07, 6.45) is 0. The summed E-state index contributed by atoms with van der Waals surface area (Å²) < 4.78 is 0. The molecule has 1 nitrogen and oxygen atoms in total. The first kappa shape index (κ1) is 10.4. The first-order valence-corrected chi connectivity index (χ1v) is 5.93. The van der Waals surface area contributed by atoms with Gasteiger partial charge in [-0.25, -0.2) is 0 Å². The molecular formula is C13H14OS. The van der Waals surface area contributed by atoms with Gasteiger partial charge in [0.15, 0.2) is 0 Å². The number of aromatic hydroxyl groups is 1. The van der Waals surface area contributed by atoms with Crippen LogP contribution in [0.3, 0.4) is 0 Å². The molecule has 0 amide bonds. The molecule has 0 aliphatic carbocycles. The van der Waals surface area contributed by atoms with E-state index in [1.807, 2.05) is 24.3 Å². The van der Waals surface area contributed by atoms with E-state index in [1.54, 1.807) is 17.8 Å². The van der Waals surface area contributed by atoms with Crippen LogP contribution in [0.1, 0.15) is 13.8 Å². The molecule has 78 valence electrons. The maximum atomic E-state index is 9.61. The highest BCUT2D eigenvalue weighted by molar-refractivity contribution is 8.00. The van der Waals surface area contributed by atoms with Gasteiger partial charge in [-0.2, -0.15) is 0 Å². The number of hydrogen-bond donors (Lipinski definition) is 1. The Hall–Kier alpha value is -1.15. The Morgan fingerprint density at radius 2 is 1.87 bits per heavy atom. The summed E-state index contributed by atoms with van der Waals surface area (Å²) in [5.74, 6) is 0.344. The molecule has 1 N–H and O–H groups in total. The molecule has 2 aromatic rings. The fourth-order valence-electron chi connectivity index (χ4n) is 1.61. The van der Waals surface area contributed by atoms with Crippen molar-refractivity contribution in [2.75, 3.05) is 0 Å². The van der Waals surface area contributed by atoms with Crippen molar-refractivity contribution in [3.05, 3.63) is 36.4 Å². The average molecular weight is 218 g/mol. The van der Waals surface area contributed by atoms with Gasteiger partial charge in [0.1, 0.15) is 5.75 Å². The van der Waals surface area contributed by atoms with E-state index in [1.165, 1.54) is 5.39 Å². The topological polar surface area (TPSA) is 20.2 Å². The van der Waals surface area contributed by atoms with Crippen molar-refractivity contribution < 1.29 is 5.11 Å². The Balaban J connectivity index is 2.60. The Morgan fingerprint density at radius 1 is 1.13 bits per heavy atom. The summed E-state index contributed by atoms with van der Waals surface area (Å²) in [4.78, 5) is 1.15. The fourth-order valence-corrected chi connectivity index (χ4v) is 2.62. The third-order valence-corrected chi connectivity index (χ3v) is 3.23. The lowest BCUT2D eigenvalue weighted by Gasteiger charge is -2.09. The molecule has 0 unspecified atom stereocenters. The molecule has 2 aromatic carbocycles. The van der Waals surface area contributed by atoms with E-state index in [2.05, 4.69) is 19.9 Å². The zero-order valence-electron chi connectivity index (χ0n) is 8.90. The maximum absolute atomic E-state index is 9.61. The van der Waals surface area contributed by atoms with Crippen LogP contribution in [-0.4, -0.2) is 10.4 Å². The Bertz CT molecular complexity index is 477. The first-order chi connectivity index (χ1) is 7.16. The second-order valence-corrected chi connectivity index (χ2v) is 5.45. The molecule has 0 heterocycles. The lowest BCUT2D eigenvalue weighted by atomic mass is 10.1. The Labute approximate surface area is 94.1 Å². The van der Waals surface area contributed by atoms with Crippen molar-refractivity contribution in [3.8, 4) is 5.75 Å². The van der Waals surface area contributed by atoms with Crippen LogP contribution in [0.25, 0.3) is 10.8 Å². The molecule has 0 aliphatic heterocycles. The van der Waals surface area contributed by atoms with Crippen molar-refractivity contribution in [3.63, 3.8) is 0 Å². The number of fused-ring (bicyclic) bond motifs is 1. The predicted octanol–water partition coefficient (Wildman–Crippen LogP) is 4.05. The molecule has 0 saturated heterocycles. The lowest BCUT2D eigenvalue weighted by molar-refractivity contribution is 0.475. The van der Waals surface area contributed by atoms with Gasteiger partial charge >= 0.3 is 0 Å². The first-order valence-electron chi connectivity index (χ1n) is 5.05. The second kappa shape index (κ2) is 4.15.